The average molecular weight is 247 g/mol. The summed E-state index contributed by atoms with van der Waals surface area (Å²) in [6.07, 6.45) is 0. The molecule has 17 heavy (non-hydrogen) atoms. The van der Waals surface area contributed by atoms with E-state index in [0.29, 0.717) is 17.0 Å². The van der Waals surface area contributed by atoms with Gasteiger partial charge in [-0.05, 0) is 17.7 Å². The monoisotopic (exact) mass is 247 g/mol. The van der Waals surface area contributed by atoms with Crippen LogP contribution in [0.2, 0.25) is 0 Å². The van der Waals surface area contributed by atoms with Gasteiger partial charge in [0.05, 0.1) is 0 Å². The standard InChI is InChI=1S/C14H14FNS/c15-13-7-4-8-14(16)12(13)10-17-9-11-5-2-1-3-6-11/h1-8H,9-10,16H2. The topological polar surface area (TPSA) is 26.0 Å². The van der Waals surface area contributed by atoms with Crippen LogP contribution in [-0.4, -0.2) is 0 Å². The zero-order chi connectivity index (χ0) is 12.1. The molecule has 0 spiro atoms. The van der Waals surface area contributed by atoms with Gasteiger partial charge in [-0.2, -0.15) is 11.8 Å². The van der Waals surface area contributed by atoms with E-state index in [-0.39, 0.29) is 5.82 Å². The van der Waals surface area contributed by atoms with Gasteiger partial charge in [-0.3, -0.25) is 0 Å². The summed E-state index contributed by atoms with van der Waals surface area (Å²) in [4.78, 5) is 0. The quantitative estimate of drug-likeness (QED) is 0.831. The van der Waals surface area contributed by atoms with Crippen molar-refractivity contribution in [2.75, 3.05) is 5.73 Å². The average Bonchev–Trinajstić information content (AvgIpc) is 2.34. The Kier molecular flexibility index (Phi) is 4.04. The first kappa shape index (κ1) is 12.0. The molecule has 2 aromatic rings. The Bertz CT molecular complexity index is 465. The van der Waals surface area contributed by atoms with Crippen LogP contribution in [0.3, 0.4) is 0 Å². The summed E-state index contributed by atoms with van der Waals surface area (Å²) in [6, 6.07) is 15.0. The summed E-state index contributed by atoms with van der Waals surface area (Å²) in [5.74, 6) is 1.26. The fourth-order valence-corrected chi connectivity index (χ4v) is 2.61. The lowest BCUT2D eigenvalue weighted by molar-refractivity contribution is 0.618. The van der Waals surface area contributed by atoms with E-state index in [1.165, 1.54) is 11.6 Å². The Labute approximate surface area is 105 Å². The molecular formula is C14H14FNS. The van der Waals surface area contributed by atoms with E-state index in [2.05, 4.69) is 12.1 Å². The van der Waals surface area contributed by atoms with Crippen molar-refractivity contribution in [3.05, 3.63) is 65.5 Å². The number of benzene rings is 2. The molecule has 0 amide bonds. The molecule has 0 radical (unpaired) electrons. The molecule has 2 rings (SSSR count). The normalized spacial score (nSPS) is 10.4. The van der Waals surface area contributed by atoms with Gasteiger partial charge in [0.1, 0.15) is 5.82 Å². The molecular weight excluding hydrogens is 233 g/mol. The highest BCUT2D eigenvalue weighted by Crippen LogP contribution is 2.23. The maximum absolute atomic E-state index is 13.5. The van der Waals surface area contributed by atoms with E-state index in [0.717, 1.165) is 5.75 Å². The minimum Gasteiger partial charge on any atom is -0.398 e. The van der Waals surface area contributed by atoms with Crippen molar-refractivity contribution in [1.82, 2.24) is 0 Å². The minimum atomic E-state index is -0.217. The molecule has 0 heterocycles. The maximum Gasteiger partial charge on any atom is 0.129 e. The number of hydrogen-bond donors (Lipinski definition) is 1. The van der Waals surface area contributed by atoms with Crippen LogP contribution in [0.4, 0.5) is 10.1 Å². The van der Waals surface area contributed by atoms with Crippen LogP contribution < -0.4 is 5.73 Å². The second kappa shape index (κ2) is 5.73. The second-order valence-corrected chi connectivity index (χ2v) is 4.77. The smallest absolute Gasteiger partial charge is 0.129 e. The second-order valence-electron chi connectivity index (χ2n) is 3.79. The number of thioether (sulfide) groups is 1. The number of halogens is 1. The number of anilines is 1. The van der Waals surface area contributed by atoms with Gasteiger partial charge in [-0.25, -0.2) is 4.39 Å². The van der Waals surface area contributed by atoms with E-state index >= 15 is 0 Å². The zero-order valence-corrected chi connectivity index (χ0v) is 10.2. The highest BCUT2D eigenvalue weighted by atomic mass is 32.2. The molecule has 0 aliphatic heterocycles. The van der Waals surface area contributed by atoms with E-state index < -0.39 is 0 Å². The van der Waals surface area contributed by atoms with E-state index in [1.54, 1.807) is 23.9 Å². The molecule has 88 valence electrons. The lowest BCUT2D eigenvalue weighted by Crippen LogP contribution is -1.96. The largest absolute Gasteiger partial charge is 0.398 e. The molecule has 2 N–H and O–H groups in total. The first-order chi connectivity index (χ1) is 8.27. The molecule has 0 atom stereocenters. The Hall–Kier alpha value is -1.48. The molecule has 0 fully saturated rings. The van der Waals surface area contributed by atoms with Crippen LogP contribution in [0.5, 0.6) is 0 Å². The van der Waals surface area contributed by atoms with Gasteiger partial charge < -0.3 is 5.73 Å². The third-order valence-corrected chi connectivity index (χ3v) is 3.54. The van der Waals surface area contributed by atoms with E-state index in [9.17, 15) is 4.39 Å². The van der Waals surface area contributed by atoms with Gasteiger partial charge in [-0.15, -0.1) is 0 Å². The number of hydrogen-bond acceptors (Lipinski definition) is 2. The van der Waals surface area contributed by atoms with Crippen LogP contribution >= 0.6 is 11.8 Å². The molecule has 0 bridgehead atoms. The summed E-state index contributed by atoms with van der Waals surface area (Å²) in [6.45, 7) is 0. The summed E-state index contributed by atoms with van der Waals surface area (Å²) >= 11 is 1.67. The highest BCUT2D eigenvalue weighted by Gasteiger charge is 2.05. The van der Waals surface area contributed by atoms with Crippen LogP contribution in [-0.2, 0) is 11.5 Å². The minimum absolute atomic E-state index is 0.217. The molecule has 0 saturated heterocycles. The summed E-state index contributed by atoms with van der Waals surface area (Å²) < 4.78 is 13.5. The van der Waals surface area contributed by atoms with Crippen LogP contribution in [0.15, 0.2) is 48.5 Å². The summed E-state index contributed by atoms with van der Waals surface area (Å²) in [5, 5.41) is 0. The number of nitrogens with two attached hydrogens (primary N) is 1. The fraction of sp³-hybridized carbons (Fsp3) is 0.143. The lowest BCUT2D eigenvalue weighted by atomic mass is 10.2. The predicted octanol–water partition coefficient (Wildman–Crippen LogP) is 3.84. The SMILES string of the molecule is Nc1cccc(F)c1CSCc1ccccc1. The van der Waals surface area contributed by atoms with Gasteiger partial charge in [0.2, 0.25) is 0 Å². The van der Waals surface area contributed by atoms with Gasteiger partial charge in [0, 0.05) is 22.8 Å². The first-order valence-electron chi connectivity index (χ1n) is 5.42. The maximum atomic E-state index is 13.5. The van der Waals surface area contributed by atoms with Crippen LogP contribution in [0.1, 0.15) is 11.1 Å². The van der Waals surface area contributed by atoms with Crippen molar-refractivity contribution in [2.45, 2.75) is 11.5 Å². The first-order valence-corrected chi connectivity index (χ1v) is 6.57. The summed E-state index contributed by atoms with van der Waals surface area (Å²) in [7, 11) is 0. The molecule has 2 aromatic carbocycles. The number of nitrogen functional groups attached to an aromatic ring is 1. The van der Waals surface area contributed by atoms with E-state index in [1.807, 2.05) is 18.2 Å². The molecule has 0 aliphatic carbocycles. The lowest BCUT2D eigenvalue weighted by Gasteiger charge is -2.06. The summed E-state index contributed by atoms with van der Waals surface area (Å²) in [5.41, 5.74) is 8.13. The molecule has 0 saturated carbocycles. The van der Waals surface area contributed by atoms with Crippen LogP contribution in [0.25, 0.3) is 0 Å². The Morgan fingerprint density at radius 1 is 0.941 bits per heavy atom. The van der Waals surface area contributed by atoms with Gasteiger partial charge in [0.15, 0.2) is 0 Å². The Morgan fingerprint density at radius 2 is 1.71 bits per heavy atom. The zero-order valence-electron chi connectivity index (χ0n) is 9.40. The van der Waals surface area contributed by atoms with Crippen molar-refractivity contribution in [3.63, 3.8) is 0 Å². The molecule has 0 unspecified atom stereocenters. The van der Waals surface area contributed by atoms with Crippen molar-refractivity contribution in [2.24, 2.45) is 0 Å². The molecule has 1 nitrogen and oxygen atoms in total. The number of rotatable bonds is 4. The predicted molar refractivity (Wildman–Crippen MR) is 72.3 cm³/mol. The van der Waals surface area contributed by atoms with Crippen molar-refractivity contribution >= 4 is 17.4 Å². The fourth-order valence-electron chi connectivity index (χ4n) is 1.57. The Balaban J connectivity index is 1.95. The van der Waals surface area contributed by atoms with Crippen LogP contribution in [0, 0.1) is 5.82 Å². The molecule has 3 heteroatoms. The molecule has 0 aromatic heterocycles. The van der Waals surface area contributed by atoms with Gasteiger partial charge in [0.25, 0.3) is 0 Å². The van der Waals surface area contributed by atoms with Crippen molar-refractivity contribution < 1.29 is 4.39 Å². The molecule has 0 aliphatic rings. The van der Waals surface area contributed by atoms with Crippen molar-refractivity contribution in [1.29, 1.82) is 0 Å². The van der Waals surface area contributed by atoms with Gasteiger partial charge in [-0.1, -0.05) is 36.4 Å². The van der Waals surface area contributed by atoms with Crippen molar-refractivity contribution in [3.8, 4) is 0 Å². The Morgan fingerprint density at radius 3 is 2.41 bits per heavy atom. The third kappa shape index (κ3) is 3.24. The highest BCUT2D eigenvalue weighted by molar-refractivity contribution is 7.97. The van der Waals surface area contributed by atoms with E-state index in [4.69, 9.17) is 5.73 Å². The van der Waals surface area contributed by atoms with Gasteiger partial charge >= 0.3 is 0 Å². The third-order valence-electron chi connectivity index (χ3n) is 2.51.